The number of ether oxygens (including phenoxy) is 1. The highest BCUT2D eigenvalue weighted by molar-refractivity contribution is 5.82. The fourth-order valence-corrected chi connectivity index (χ4v) is 2.48. The molecule has 17 heavy (non-hydrogen) atoms. The van der Waals surface area contributed by atoms with Gasteiger partial charge in [-0.15, -0.1) is 0 Å². The lowest BCUT2D eigenvalue weighted by molar-refractivity contribution is 0.0195. The molecule has 4 heteroatoms. The molecule has 2 heterocycles. The van der Waals surface area contributed by atoms with Gasteiger partial charge in [0.2, 0.25) is 0 Å². The van der Waals surface area contributed by atoms with Gasteiger partial charge in [0, 0.05) is 11.9 Å². The molecule has 0 radical (unpaired) electrons. The second-order valence-corrected chi connectivity index (χ2v) is 4.55. The van der Waals surface area contributed by atoms with Crippen molar-refractivity contribution in [2.45, 2.75) is 19.6 Å². The maximum Gasteiger partial charge on any atom is 0.112 e. The van der Waals surface area contributed by atoms with Crippen molar-refractivity contribution in [3.05, 3.63) is 29.5 Å². The van der Waals surface area contributed by atoms with Gasteiger partial charge < -0.3 is 10.1 Å². The molecule has 1 N–H and O–H groups in total. The summed E-state index contributed by atoms with van der Waals surface area (Å²) in [5.41, 5.74) is 3.53. The van der Waals surface area contributed by atoms with Crippen LogP contribution >= 0.6 is 0 Å². The number of rotatable bonds is 2. The molecule has 4 nitrogen and oxygen atoms in total. The van der Waals surface area contributed by atoms with Crippen LogP contribution in [0, 0.1) is 6.92 Å². The van der Waals surface area contributed by atoms with Crippen LogP contribution in [0.4, 0.5) is 0 Å². The van der Waals surface area contributed by atoms with Crippen molar-refractivity contribution in [1.82, 2.24) is 15.1 Å². The third kappa shape index (κ3) is 1.73. The number of hydrogen-bond donors (Lipinski definition) is 1. The molecule has 1 aliphatic heterocycles. The lowest BCUT2D eigenvalue weighted by atomic mass is 10.1. The Labute approximate surface area is 101 Å². The summed E-state index contributed by atoms with van der Waals surface area (Å²) in [7, 11) is 1.95. The van der Waals surface area contributed by atoms with E-state index in [0.29, 0.717) is 0 Å². The van der Waals surface area contributed by atoms with Crippen LogP contribution in [-0.4, -0.2) is 30.0 Å². The number of benzene rings is 1. The van der Waals surface area contributed by atoms with Crippen molar-refractivity contribution in [2.24, 2.45) is 0 Å². The Morgan fingerprint density at radius 1 is 1.53 bits per heavy atom. The Bertz CT molecular complexity index is 547. The van der Waals surface area contributed by atoms with Crippen LogP contribution in [0.2, 0.25) is 0 Å². The quantitative estimate of drug-likeness (QED) is 0.854. The van der Waals surface area contributed by atoms with Gasteiger partial charge in [-0.3, -0.25) is 4.68 Å². The summed E-state index contributed by atoms with van der Waals surface area (Å²) >= 11 is 0. The molecule has 0 amide bonds. The molecule has 0 saturated carbocycles. The third-order valence-corrected chi connectivity index (χ3v) is 3.25. The predicted molar refractivity (Wildman–Crippen MR) is 67.1 cm³/mol. The number of aryl methyl sites for hydroxylation is 1. The third-order valence-electron chi connectivity index (χ3n) is 3.25. The van der Waals surface area contributed by atoms with Gasteiger partial charge in [0.15, 0.2) is 0 Å². The molecule has 0 saturated heterocycles. The smallest absolute Gasteiger partial charge is 0.112 e. The van der Waals surface area contributed by atoms with Crippen molar-refractivity contribution >= 4 is 10.9 Å². The fraction of sp³-hybridized carbons (Fsp3) is 0.462. The lowest BCUT2D eigenvalue weighted by Crippen LogP contribution is -2.28. The zero-order valence-corrected chi connectivity index (χ0v) is 10.2. The molecule has 1 aromatic heterocycles. The van der Waals surface area contributed by atoms with Crippen LogP contribution in [0.25, 0.3) is 10.9 Å². The molecule has 1 aliphatic rings. The second kappa shape index (κ2) is 4.13. The van der Waals surface area contributed by atoms with Gasteiger partial charge in [-0.25, -0.2) is 0 Å². The highest BCUT2D eigenvalue weighted by Gasteiger charge is 2.24. The van der Waals surface area contributed by atoms with Gasteiger partial charge in [-0.1, -0.05) is 12.1 Å². The first kappa shape index (κ1) is 10.7. The molecular weight excluding hydrogens is 214 g/mol. The Kier molecular flexibility index (Phi) is 2.61. The van der Waals surface area contributed by atoms with E-state index in [1.165, 1.54) is 16.6 Å². The van der Waals surface area contributed by atoms with Gasteiger partial charge in [0.05, 0.1) is 24.4 Å². The van der Waals surface area contributed by atoms with E-state index in [-0.39, 0.29) is 6.10 Å². The standard InChI is InChI=1S/C13H17N3O/c1-9-3-4-10-11(7-9)15-16-5-6-17-12(8-14-2)13(10)16/h3-4,7,12,14H,5-6,8H2,1-2H3. The largest absolute Gasteiger partial charge is 0.369 e. The zero-order valence-electron chi connectivity index (χ0n) is 10.2. The van der Waals surface area contributed by atoms with Gasteiger partial charge in [0.25, 0.3) is 0 Å². The van der Waals surface area contributed by atoms with Crippen molar-refractivity contribution in [2.75, 3.05) is 20.2 Å². The summed E-state index contributed by atoms with van der Waals surface area (Å²) in [5.74, 6) is 0. The summed E-state index contributed by atoms with van der Waals surface area (Å²) in [5, 5.41) is 9.05. The summed E-state index contributed by atoms with van der Waals surface area (Å²) in [4.78, 5) is 0. The maximum absolute atomic E-state index is 5.82. The van der Waals surface area contributed by atoms with Crippen molar-refractivity contribution in [3.8, 4) is 0 Å². The summed E-state index contributed by atoms with van der Waals surface area (Å²) in [6.45, 7) is 4.52. The molecule has 2 aromatic rings. The van der Waals surface area contributed by atoms with E-state index >= 15 is 0 Å². The average Bonchev–Trinajstić information content (AvgIpc) is 2.67. The van der Waals surface area contributed by atoms with Gasteiger partial charge in [-0.05, 0) is 25.6 Å². The zero-order chi connectivity index (χ0) is 11.8. The minimum atomic E-state index is 0.112. The average molecular weight is 231 g/mol. The molecule has 1 atom stereocenters. The van der Waals surface area contributed by atoms with Gasteiger partial charge in [-0.2, -0.15) is 5.10 Å². The molecule has 1 unspecified atom stereocenters. The number of nitrogens with one attached hydrogen (secondary N) is 1. The van der Waals surface area contributed by atoms with E-state index in [4.69, 9.17) is 4.74 Å². The topological polar surface area (TPSA) is 39.1 Å². The Balaban J connectivity index is 2.17. The number of fused-ring (bicyclic) bond motifs is 3. The highest BCUT2D eigenvalue weighted by Crippen LogP contribution is 2.29. The molecule has 0 fully saturated rings. The van der Waals surface area contributed by atoms with Crippen molar-refractivity contribution < 1.29 is 4.74 Å². The van der Waals surface area contributed by atoms with Crippen LogP contribution in [0.5, 0.6) is 0 Å². The van der Waals surface area contributed by atoms with Crippen LogP contribution in [0.1, 0.15) is 17.4 Å². The Morgan fingerprint density at radius 3 is 3.24 bits per heavy atom. The summed E-state index contributed by atoms with van der Waals surface area (Å²) in [6.07, 6.45) is 0.112. The van der Waals surface area contributed by atoms with Crippen LogP contribution < -0.4 is 5.32 Å². The monoisotopic (exact) mass is 231 g/mol. The Hall–Kier alpha value is -1.39. The molecule has 0 spiro atoms. The van der Waals surface area contributed by atoms with Gasteiger partial charge in [0.1, 0.15) is 6.10 Å². The van der Waals surface area contributed by atoms with E-state index in [2.05, 4.69) is 40.2 Å². The fourth-order valence-electron chi connectivity index (χ4n) is 2.48. The number of nitrogens with zero attached hydrogens (tertiary/aromatic N) is 2. The SMILES string of the molecule is CNCC1OCCn2nc3cc(C)ccc3c21. The number of hydrogen-bond acceptors (Lipinski definition) is 3. The summed E-state index contributed by atoms with van der Waals surface area (Å²) in [6, 6.07) is 6.42. The first-order valence-corrected chi connectivity index (χ1v) is 6.03. The minimum Gasteiger partial charge on any atom is -0.369 e. The van der Waals surface area contributed by atoms with Gasteiger partial charge >= 0.3 is 0 Å². The molecule has 1 aromatic carbocycles. The maximum atomic E-state index is 5.82. The lowest BCUT2D eigenvalue weighted by Gasteiger charge is -2.24. The summed E-state index contributed by atoms with van der Waals surface area (Å²) < 4.78 is 7.91. The van der Waals surface area contributed by atoms with E-state index in [1.807, 2.05) is 7.05 Å². The van der Waals surface area contributed by atoms with E-state index in [0.717, 1.165) is 25.2 Å². The minimum absolute atomic E-state index is 0.112. The first-order valence-electron chi connectivity index (χ1n) is 6.03. The Morgan fingerprint density at radius 2 is 2.41 bits per heavy atom. The van der Waals surface area contributed by atoms with E-state index in [9.17, 15) is 0 Å². The van der Waals surface area contributed by atoms with Crippen LogP contribution in [0.15, 0.2) is 18.2 Å². The predicted octanol–water partition coefficient (Wildman–Crippen LogP) is 1.64. The number of likely N-dealkylation sites (N-methyl/N-ethyl adjacent to an activating group) is 1. The second-order valence-electron chi connectivity index (χ2n) is 4.55. The molecule has 90 valence electrons. The molecule has 3 rings (SSSR count). The normalized spacial score (nSPS) is 19.5. The molecular formula is C13H17N3O. The number of aromatic nitrogens is 2. The van der Waals surface area contributed by atoms with Crippen molar-refractivity contribution in [1.29, 1.82) is 0 Å². The first-order chi connectivity index (χ1) is 8.29. The highest BCUT2D eigenvalue weighted by atomic mass is 16.5. The molecule has 0 bridgehead atoms. The van der Waals surface area contributed by atoms with E-state index < -0.39 is 0 Å². The van der Waals surface area contributed by atoms with Crippen molar-refractivity contribution in [3.63, 3.8) is 0 Å². The molecule has 0 aliphatic carbocycles. The van der Waals surface area contributed by atoms with Crippen LogP contribution in [0.3, 0.4) is 0 Å². The van der Waals surface area contributed by atoms with E-state index in [1.54, 1.807) is 0 Å². The van der Waals surface area contributed by atoms with Crippen LogP contribution in [-0.2, 0) is 11.3 Å².